The van der Waals surface area contributed by atoms with Crippen LogP contribution < -0.4 is 10.6 Å². The molecule has 7 nitrogen and oxygen atoms in total. The van der Waals surface area contributed by atoms with Crippen molar-refractivity contribution in [1.29, 1.82) is 0 Å². The van der Waals surface area contributed by atoms with Crippen LogP contribution in [0.4, 0.5) is 0 Å². The van der Waals surface area contributed by atoms with Crippen LogP contribution in [0, 0.1) is 18.8 Å². The standard InChI is InChI=1S/C31H38ClN5O2/c1-22-17-33-37(18-22)27(16-32)19-36(20-28(38)34-30(25-12-13-25)23-8-4-2-5-9-23)21-29(39)35-31(26-14-15-26)24-10-6-3-7-11-24/h2-11,17-18,25-27,30-31H,12-16,19-21H2,1H3,(H,34,38)(H,35,39)/t27-,30-,31-/m1/s1. The molecule has 5 rings (SSSR count). The molecule has 2 N–H and O–H groups in total. The average molecular weight is 548 g/mol. The zero-order chi connectivity index (χ0) is 27.2. The first-order valence-electron chi connectivity index (χ1n) is 14.0. The number of hydrogen-bond donors (Lipinski definition) is 2. The Labute approximate surface area is 235 Å². The van der Waals surface area contributed by atoms with Crippen LogP contribution in [0.25, 0.3) is 0 Å². The van der Waals surface area contributed by atoms with E-state index < -0.39 is 0 Å². The van der Waals surface area contributed by atoms with Gasteiger partial charge in [0, 0.05) is 18.6 Å². The number of nitrogens with one attached hydrogen (secondary N) is 2. The highest BCUT2D eigenvalue weighted by molar-refractivity contribution is 6.18. The lowest BCUT2D eigenvalue weighted by atomic mass is 10.0. The van der Waals surface area contributed by atoms with Gasteiger partial charge in [-0.25, -0.2) is 0 Å². The van der Waals surface area contributed by atoms with E-state index in [-0.39, 0.29) is 43.0 Å². The van der Waals surface area contributed by atoms with Crippen molar-refractivity contribution in [3.8, 4) is 0 Å². The number of hydrogen-bond acceptors (Lipinski definition) is 4. The van der Waals surface area contributed by atoms with Crippen molar-refractivity contribution in [3.05, 3.63) is 89.7 Å². The Morgan fingerprint density at radius 3 is 1.77 bits per heavy atom. The molecular weight excluding hydrogens is 510 g/mol. The minimum absolute atomic E-state index is 0.00991. The molecule has 3 atom stereocenters. The topological polar surface area (TPSA) is 79.3 Å². The monoisotopic (exact) mass is 547 g/mol. The molecular formula is C31H38ClN5O2. The quantitative estimate of drug-likeness (QED) is 0.284. The highest BCUT2D eigenvalue weighted by Crippen LogP contribution is 2.41. The molecule has 3 aromatic rings. The van der Waals surface area contributed by atoms with Gasteiger partial charge in [-0.15, -0.1) is 11.6 Å². The molecule has 0 bridgehead atoms. The number of alkyl halides is 1. The SMILES string of the molecule is Cc1cnn([C@H](CCl)CN(CC(=O)N[C@H](c2ccccc2)C2CC2)CC(=O)N[C@H](c2ccccc2)C2CC2)c1. The lowest BCUT2D eigenvalue weighted by Gasteiger charge is -2.28. The van der Waals surface area contributed by atoms with Gasteiger partial charge in [0.05, 0.1) is 37.4 Å². The number of nitrogens with zero attached hydrogens (tertiary/aromatic N) is 3. The predicted molar refractivity (Wildman–Crippen MR) is 153 cm³/mol. The molecule has 2 aliphatic carbocycles. The number of halogens is 1. The Morgan fingerprint density at radius 1 is 0.897 bits per heavy atom. The van der Waals surface area contributed by atoms with Gasteiger partial charge in [-0.3, -0.25) is 19.2 Å². The summed E-state index contributed by atoms with van der Waals surface area (Å²) in [5.41, 5.74) is 3.29. The molecule has 0 spiro atoms. The van der Waals surface area contributed by atoms with Gasteiger partial charge in [-0.05, 0) is 61.1 Å². The third-order valence-electron chi connectivity index (χ3n) is 7.62. The maximum Gasteiger partial charge on any atom is 0.234 e. The number of carbonyl (C=O) groups excluding carboxylic acids is 2. The van der Waals surface area contributed by atoms with E-state index in [9.17, 15) is 9.59 Å². The average Bonchev–Trinajstić information content (AvgIpc) is 3.88. The number of amides is 2. The fourth-order valence-electron chi connectivity index (χ4n) is 5.29. The smallest absolute Gasteiger partial charge is 0.234 e. The highest BCUT2D eigenvalue weighted by Gasteiger charge is 2.35. The van der Waals surface area contributed by atoms with Crippen LogP contribution in [-0.4, -0.2) is 52.0 Å². The normalized spacial score (nSPS) is 17.4. The number of aromatic nitrogens is 2. The minimum atomic E-state index is -0.164. The van der Waals surface area contributed by atoms with E-state index in [0.29, 0.717) is 24.3 Å². The number of aryl methyl sites for hydroxylation is 1. The van der Waals surface area contributed by atoms with Crippen LogP contribution in [0.1, 0.15) is 60.5 Å². The highest BCUT2D eigenvalue weighted by atomic mass is 35.5. The van der Waals surface area contributed by atoms with Crippen molar-refractivity contribution in [2.75, 3.05) is 25.5 Å². The molecule has 2 saturated carbocycles. The first kappa shape index (κ1) is 27.4. The van der Waals surface area contributed by atoms with Gasteiger partial charge in [-0.1, -0.05) is 60.7 Å². The van der Waals surface area contributed by atoms with Crippen molar-refractivity contribution < 1.29 is 9.59 Å². The molecule has 0 aliphatic heterocycles. The fourth-order valence-corrected chi connectivity index (χ4v) is 5.53. The van der Waals surface area contributed by atoms with Crippen LogP contribution in [0.15, 0.2) is 73.1 Å². The van der Waals surface area contributed by atoms with Gasteiger partial charge in [0.1, 0.15) is 0 Å². The van der Waals surface area contributed by atoms with Gasteiger partial charge in [0.25, 0.3) is 0 Å². The van der Waals surface area contributed by atoms with E-state index in [4.69, 9.17) is 11.6 Å². The van der Waals surface area contributed by atoms with E-state index in [1.807, 2.05) is 59.1 Å². The first-order valence-corrected chi connectivity index (χ1v) is 14.5. The minimum Gasteiger partial charge on any atom is -0.348 e. The van der Waals surface area contributed by atoms with Crippen molar-refractivity contribution in [3.63, 3.8) is 0 Å². The van der Waals surface area contributed by atoms with Crippen molar-refractivity contribution >= 4 is 23.4 Å². The van der Waals surface area contributed by atoms with Gasteiger partial charge >= 0.3 is 0 Å². The molecule has 1 heterocycles. The second-order valence-corrected chi connectivity index (χ2v) is 11.4. The Balaban J connectivity index is 1.28. The maximum atomic E-state index is 13.4. The zero-order valence-electron chi connectivity index (χ0n) is 22.5. The molecule has 39 heavy (non-hydrogen) atoms. The Morgan fingerprint density at radius 2 is 1.38 bits per heavy atom. The molecule has 8 heteroatoms. The summed E-state index contributed by atoms with van der Waals surface area (Å²) in [4.78, 5) is 28.7. The van der Waals surface area contributed by atoms with Gasteiger partial charge in [0.2, 0.25) is 11.8 Å². The maximum absolute atomic E-state index is 13.4. The molecule has 0 saturated heterocycles. The first-order chi connectivity index (χ1) is 19.0. The van der Waals surface area contributed by atoms with Gasteiger partial charge in [0.15, 0.2) is 0 Å². The third kappa shape index (κ3) is 7.70. The van der Waals surface area contributed by atoms with E-state index in [1.165, 1.54) is 0 Å². The number of benzene rings is 2. The van der Waals surface area contributed by atoms with Gasteiger partial charge < -0.3 is 10.6 Å². The second kappa shape index (κ2) is 12.8. The van der Waals surface area contributed by atoms with Crippen LogP contribution in [-0.2, 0) is 9.59 Å². The van der Waals surface area contributed by atoms with Crippen LogP contribution >= 0.6 is 11.6 Å². The predicted octanol–water partition coefficient (Wildman–Crippen LogP) is 4.81. The molecule has 0 unspecified atom stereocenters. The Bertz CT molecular complexity index is 1150. The van der Waals surface area contributed by atoms with Crippen molar-refractivity contribution in [2.45, 2.75) is 50.7 Å². The lowest BCUT2D eigenvalue weighted by Crippen LogP contribution is -2.46. The van der Waals surface area contributed by atoms with E-state index in [0.717, 1.165) is 42.4 Å². The summed E-state index contributed by atoms with van der Waals surface area (Å²) in [6, 6.07) is 20.1. The summed E-state index contributed by atoms with van der Waals surface area (Å²) in [6.45, 7) is 2.63. The zero-order valence-corrected chi connectivity index (χ0v) is 23.3. The summed E-state index contributed by atoms with van der Waals surface area (Å²) in [5, 5.41) is 11.0. The largest absolute Gasteiger partial charge is 0.348 e. The number of rotatable bonds is 14. The lowest BCUT2D eigenvalue weighted by molar-refractivity contribution is -0.126. The fraction of sp³-hybridized carbons (Fsp3) is 0.452. The molecule has 0 radical (unpaired) electrons. The Kier molecular flexibility index (Phi) is 8.99. The van der Waals surface area contributed by atoms with Crippen molar-refractivity contribution in [1.82, 2.24) is 25.3 Å². The molecule has 2 aromatic carbocycles. The summed E-state index contributed by atoms with van der Waals surface area (Å²) >= 11 is 6.37. The van der Waals surface area contributed by atoms with E-state index in [1.54, 1.807) is 6.20 Å². The molecule has 1 aromatic heterocycles. The summed E-state index contributed by atoms with van der Waals surface area (Å²) in [7, 11) is 0. The van der Waals surface area contributed by atoms with Gasteiger partial charge in [-0.2, -0.15) is 5.10 Å². The van der Waals surface area contributed by atoms with Crippen molar-refractivity contribution in [2.24, 2.45) is 11.8 Å². The number of carbonyl (C=O) groups is 2. The molecule has 206 valence electrons. The van der Waals surface area contributed by atoms with E-state index in [2.05, 4.69) is 40.0 Å². The summed E-state index contributed by atoms with van der Waals surface area (Å²) in [5.74, 6) is 1.07. The van der Waals surface area contributed by atoms with Crippen LogP contribution in [0.2, 0.25) is 0 Å². The van der Waals surface area contributed by atoms with E-state index >= 15 is 0 Å². The third-order valence-corrected chi connectivity index (χ3v) is 7.98. The van der Waals surface area contributed by atoms with Crippen LogP contribution in [0.5, 0.6) is 0 Å². The van der Waals surface area contributed by atoms with Crippen LogP contribution in [0.3, 0.4) is 0 Å². The molecule has 2 aliphatic rings. The molecule has 2 amide bonds. The summed E-state index contributed by atoms with van der Waals surface area (Å²) in [6.07, 6.45) is 8.19. The Hall–Kier alpha value is -3.16. The summed E-state index contributed by atoms with van der Waals surface area (Å²) < 4.78 is 1.83. The molecule has 2 fully saturated rings. The second-order valence-electron chi connectivity index (χ2n) is 11.1.